The molecule has 0 heterocycles. The molecule has 0 radical (unpaired) electrons. The van der Waals surface area contributed by atoms with Crippen molar-refractivity contribution in [3.05, 3.63) is 0 Å². The van der Waals surface area contributed by atoms with Crippen molar-refractivity contribution < 1.29 is 22.0 Å². The maximum Gasteiger partial charge on any atom is 0.333 e. The summed E-state index contributed by atoms with van der Waals surface area (Å²) in [4.78, 5) is 0. The Balaban J connectivity index is 0. The van der Waals surface area contributed by atoms with Crippen LogP contribution in [0.5, 0.6) is 0 Å². The highest BCUT2D eigenvalue weighted by atomic mass is 35.6. The van der Waals surface area contributed by atoms with Crippen LogP contribution in [-0.4, -0.2) is 16.9 Å². The van der Waals surface area contributed by atoms with Crippen LogP contribution in [0.4, 0.5) is 22.0 Å². The molecular formula is C3H2Cl3F5. The summed E-state index contributed by atoms with van der Waals surface area (Å²) in [5.74, 6) is 0. The molecule has 0 aromatic rings. The Labute approximate surface area is 74.2 Å². The van der Waals surface area contributed by atoms with E-state index in [0.717, 1.165) is 0 Å². The molecule has 0 nitrogen and oxygen atoms in total. The molecule has 0 rings (SSSR count). The van der Waals surface area contributed by atoms with Crippen LogP contribution in [0.25, 0.3) is 0 Å². The number of halogens is 8. The predicted octanol–water partition coefficient (Wildman–Crippen LogP) is 3.80. The van der Waals surface area contributed by atoms with Crippen LogP contribution >= 0.6 is 34.8 Å². The molecule has 0 atom stereocenters. The van der Waals surface area contributed by atoms with Crippen molar-refractivity contribution >= 4 is 34.8 Å². The van der Waals surface area contributed by atoms with Gasteiger partial charge in [0.05, 0.1) is 0 Å². The molecule has 0 aromatic heterocycles. The molecule has 0 aromatic carbocycles. The average Bonchev–Trinajstić information content (AvgIpc) is 1.59. The third-order valence-corrected chi connectivity index (χ3v) is 0.190. The fraction of sp³-hybridized carbons (Fsp3) is 1.00. The van der Waals surface area contributed by atoms with E-state index in [4.69, 9.17) is 0 Å². The number of alkyl halides is 8. The van der Waals surface area contributed by atoms with Gasteiger partial charge in [0, 0.05) is 0 Å². The van der Waals surface area contributed by atoms with Crippen molar-refractivity contribution in [2.24, 2.45) is 0 Å². The third-order valence-electron chi connectivity index (χ3n) is 0.190. The van der Waals surface area contributed by atoms with E-state index in [2.05, 4.69) is 34.8 Å². The van der Waals surface area contributed by atoms with Gasteiger partial charge < -0.3 is 0 Å². The van der Waals surface area contributed by atoms with Crippen LogP contribution < -0.4 is 0 Å². The van der Waals surface area contributed by atoms with E-state index < -0.39 is 16.9 Å². The average molecular weight is 239 g/mol. The molecule has 0 bridgehead atoms. The molecule has 0 amide bonds. The second-order valence-electron chi connectivity index (χ2n) is 1.10. The number of hydrogen-bond donors (Lipinski definition) is 0. The van der Waals surface area contributed by atoms with Gasteiger partial charge in [0.1, 0.15) is 0 Å². The first-order valence-corrected chi connectivity index (χ1v) is 3.10. The van der Waals surface area contributed by atoms with Gasteiger partial charge in [0.15, 0.2) is 0 Å². The lowest BCUT2D eigenvalue weighted by atomic mass is 10.8. The Morgan fingerprint density at radius 2 is 0.909 bits per heavy atom. The van der Waals surface area contributed by atoms with Crippen LogP contribution in [0.15, 0.2) is 0 Å². The van der Waals surface area contributed by atoms with E-state index in [9.17, 15) is 22.0 Å². The molecule has 0 unspecified atom stereocenters. The molecule has 0 aliphatic rings. The molecule has 0 N–H and O–H groups in total. The van der Waals surface area contributed by atoms with E-state index in [1.165, 1.54) is 0 Å². The molecule has 0 fully saturated rings. The van der Waals surface area contributed by atoms with Crippen LogP contribution in [-0.2, 0) is 0 Å². The molecule has 0 aliphatic carbocycles. The third kappa shape index (κ3) is 37.4. The Hall–Kier alpha value is 0.520. The van der Waals surface area contributed by atoms with Crippen molar-refractivity contribution in [3.8, 4) is 0 Å². The van der Waals surface area contributed by atoms with Crippen molar-refractivity contribution in [2.75, 3.05) is 0 Å². The summed E-state index contributed by atoms with van der Waals surface area (Å²) >= 11 is 13.2. The smallest absolute Gasteiger partial charge is 0.204 e. The second kappa shape index (κ2) is 6.08. The summed E-state index contributed by atoms with van der Waals surface area (Å²) in [6.45, 7) is 0. The molecule has 70 valence electrons. The SMILES string of the molecule is FC(Cl)(Cl)Cl.FC(F)C(F)F. The highest BCUT2D eigenvalue weighted by Gasteiger charge is 2.15. The minimum Gasteiger partial charge on any atom is -0.204 e. The summed E-state index contributed by atoms with van der Waals surface area (Å²) in [5, 5.41) is 0. The summed E-state index contributed by atoms with van der Waals surface area (Å²) in [6.07, 6.45) is -6.96. The molecule has 11 heavy (non-hydrogen) atoms. The molecule has 8 heteroatoms. The zero-order valence-corrected chi connectivity index (χ0v) is 6.95. The Bertz CT molecular complexity index is 77.5. The summed E-state index contributed by atoms with van der Waals surface area (Å²) < 4.78 is 50.0. The van der Waals surface area contributed by atoms with Crippen LogP contribution in [0, 0.1) is 0 Å². The summed E-state index contributed by atoms with van der Waals surface area (Å²) in [6, 6.07) is 0. The topological polar surface area (TPSA) is 0 Å². The van der Waals surface area contributed by atoms with Gasteiger partial charge in [-0.15, -0.1) is 0 Å². The highest BCUT2D eigenvalue weighted by Crippen LogP contribution is 2.26. The van der Waals surface area contributed by atoms with Crippen molar-refractivity contribution in [2.45, 2.75) is 16.9 Å². The molecule has 0 aliphatic heterocycles. The standard InChI is InChI=1S/C2H2F4.CCl3F/c3-1(4)2(5)6;2-1(3,4)5/h1-2H;. The van der Waals surface area contributed by atoms with Gasteiger partial charge in [-0.1, -0.05) is 0 Å². The van der Waals surface area contributed by atoms with Gasteiger partial charge in [0.25, 0.3) is 12.9 Å². The van der Waals surface area contributed by atoms with Crippen molar-refractivity contribution in [1.29, 1.82) is 0 Å². The van der Waals surface area contributed by atoms with Gasteiger partial charge in [0.2, 0.25) is 0 Å². The lowest BCUT2D eigenvalue weighted by Gasteiger charge is -1.89. The normalized spacial score (nSPS) is 11.5. The van der Waals surface area contributed by atoms with Crippen LogP contribution in [0.3, 0.4) is 0 Å². The van der Waals surface area contributed by atoms with E-state index >= 15 is 0 Å². The van der Waals surface area contributed by atoms with E-state index in [1.807, 2.05) is 0 Å². The van der Waals surface area contributed by atoms with Gasteiger partial charge in [-0.3, -0.25) is 0 Å². The number of hydrogen-bond acceptors (Lipinski definition) is 0. The highest BCUT2D eigenvalue weighted by molar-refractivity contribution is 6.66. The van der Waals surface area contributed by atoms with Gasteiger partial charge in [-0.05, 0) is 34.8 Å². The first-order valence-electron chi connectivity index (χ1n) is 1.96. The van der Waals surface area contributed by atoms with E-state index in [0.29, 0.717) is 0 Å². The maximum atomic E-state index is 11.0. The Morgan fingerprint density at radius 3 is 0.909 bits per heavy atom. The largest absolute Gasteiger partial charge is 0.333 e. The van der Waals surface area contributed by atoms with Crippen LogP contribution in [0.1, 0.15) is 0 Å². The van der Waals surface area contributed by atoms with Gasteiger partial charge >= 0.3 is 4.05 Å². The monoisotopic (exact) mass is 238 g/mol. The fourth-order valence-electron chi connectivity index (χ4n) is 0. The number of rotatable bonds is 1. The zero-order valence-electron chi connectivity index (χ0n) is 4.68. The minimum atomic E-state index is -3.48. The predicted molar refractivity (Wildman–Crippen MR) is 33.4 cm³/mol. The van der Waals surface area contributed by atoms with E-state index in [-0.39, 0.29) is 0 Å². The second-order valence-corrected chi connectivity index (χ2v) is 3.24. The van der Waals surface area contributed by atoms with Crippen molar-refractivity contribution in [3.63, 3.8) is 0 Å². The Kier molecular flexibility index (Phi) is 7.78. The fourth-order valence-corrected chi connectivity index (χ4v) is 0. The van der Waals surface area contributed by atoms with Gasteiger partial charge in [-0.2, -0.15) is 4.39 Å². The molecule has 0 saturated heterocycles. The van der Waals surface area contributed by atoms with E-state index in [1.54, 1.807) is 0 Å². The first kappa shape index (κ1) is 14.1. The summed E-state index contributed by atoms with van der Waals surface area (Å²) in [7, 11) is 0. The maximum absolute atomic E-state index is 11.0. The molecule has 0 saturated carbocycles. The molecule has 0 spiro atoms. The van der Waals surface area contributed by atoms with Gasteiger partial charge in [-0.25, -0.2) is 17.6 Å². The lowest BCUT2D eigenvalue weighted by Crippen LogP contribution is -2.02. The minimum absolute atomic E-state index is 2.58. The lowest BCUT2D eigenvalue weighted by molar-refractivity contribution is -0.0278. The summed E-state index contributed by atoms with van der Waals surface area (Å²) in [5.41, 5.74) is 0. The zero-order chi connectivity index (χ0) is 9.65. The Morgan fingerprint density at radius 1 is 0.818 bits per heavy atom. The van der Waals surface area contributed by atoms with Crippen LogP contribution in [0.2, 0.25) is 0 Å². The molecular weight excluding hydrogens is 237 g/mol. The quantitative estimate of drug-likeness (QED) is 0.482. The van der Waals surface area contributed by atoms with Crippen molar-refractivity contribution in [1.82, 2.24) is 0 Å². The first-order chi connectivity index (χ1) is 4.64.